The van der Waals surface area contributed by atoms with Gasteiger partial charge in [0.1, 0.15) is 0 Å². The third-order valence-corrected chi connectivity index (χ3v) is 3.83. The van der Waals surface area contributed by atoms with Crippen molar-refractivity contribution < 1.29 is 4.79 Å². The highest BCUT2D eigenvalue weighted by Gasteiger charge is 2.13. The Labute approximate surface area is 120 Å². The molecule has 2 heteroatoms. The number of ketones is 1. The Morgan fingerprint density at radius 2 is 1.70 bits per heavy atom. The zero-order valence-corrected chi connectivity index (χ0v) is 12.3. The summed E-state index contributed by atoms with van der Waals surface area (Å²) in [4.78, 5) is 12.3. The summed E-state index contributed by atoms with van der Waals surface area (Å²) in [6.45, 7) is 6.17. The van der Waals surface area contributed by atoms with Crippen LogP contribution in [-0.2, 0) is 0 Å². The van der Waals surface area contributed by atoms with Crippen LogP contribution in [0.25, 0.3) is 0 Å². The van der Waals surface area contributed by atoms with Crippen molar-refractivity contribution in [2.24, 2.45) is 0 Å². The van der Waals surface area contributed by atoms with Crippen LogP contribution in [0.3, 0.4) is 0 Å². The van der Waals surface area contributed by atoms with Gasteiger partial charge in [-0.05, 0) is 54.7 Å². The molecule has 0 amide bonds. The van der Waals surface area contributed by atoms with Crippen molar-refractivity contribution in [1.82, 2.24) is 0 Å². The smallest absolute Gasteiger partial charge is 0.163 e. The second-order valence-corrected chi connectivity index (χ2v) is 5.49. The quantitative estimate of drug-likeness (QED) is 0.664. The average Bonchev–Trinajstić information content (AvgIpc) is 2.42. The summed E-state index contributed by atoms with van der Waals surface area (Å²) >= 11 is 0. The predicted molar refractivity (Wildman–Crippen MR) is 84.1 cm³/mol. The van der Waals surface area contributed by atoms with Gasteiger partial charge in [-0.25, -0.2) is 0 Å². The monoisotopic (exact) mass is 267 g/mol. The van der Waals surface area contributed by atoms with Crippen LogP contribution >= 0.6 is 0 Å². The van der Waals surface area contributed by atoms with Crippen LogP contribution in [0.2, 0.25) is 0 Å². The van der Waals surface area contributed by atoms with E-state index in [1.54, 1.807) is 0 Å². The highest BCUT2D eigenvalue weighted by atomic mass is 16.1. The second kappa shape index (κ2) is 5.91. The van der Waals surface area contributed by atoms with E-state index in [2.05, 4.69) is 13.8 Å². The number of nitrogen functional groups attached to an aromatic ring is 1. The van der Waals surface area contributed by atoms with Crippen molar-refractivity contribution in [3.63, 3.8) is 0 Å². The number of rotatable bonds is 4. The summed E-state index contributed by atoms with van der Waals surface area (Å²) < 4.78 is 0. The number of Topliss-reactive ketones (excluding diaryl/α,β-unsaturated/α-hetero) is 1. The standard InChI is InChI=1S/C18H21NO/c1-12-4-5-16(10-13(12)2)18(20)11-14(3)15-6-8-17(19)9-7-15/h4-10,14H,11,19H2,1-3H3. The molecule has 2 aromatic rings. The van der Waals surface area contributed by atoms with Crippen molar-refractivity contribution in [3.05, 3.63) is 64.7 Å². The summed E-state index contributed by atoms with van der Waals surface area (Å²) in [5.74, 6) is 0.391. The molecule has 0 bridgehead atoms. The third kappa shape index (κ3) is 3.27. The Kier molecular flexibility index (Phi) is 4.23. The van der Waals surface area contributed by atoms with Crippen molar-refractivity contribution in [2.45, 2.75) is 33.1 Å². The van der Waals surface area contributed by atoms with Gasteiger partial charge >= 0.3 is 0 Å². The predicted octanol–water partition coefficient (Wildman–Crippen LogP) is 4.26. The fraction of sp³-hybridized carbons (Fsp3) is 0.278. The Morgan fingerprint density at radius 1 is 1.05 bits per heavy atom. The Balaban J connectivity index is 2.10. The van der Waals surface area contributed by atoms with Crippen LogP contribution in [0.15, 0.2) is 42.5 Å². The number of hydrogen-bond acceptors (Lipinski definition) is 2. The van der Waals surface area contributed by atoms with Gasteiger partial charge in [-0.15, -0.1) is 0 Å². The molecule has 0 radical (unpaired) electrons. The van der Waals surface area contributed by atoms with E-state index in [0.717, 1.165) is 22.4 Å². The molecule has 2 nitrogen and oxygen atoms in total. The summed E-state index contributed by atoms with van der Waals surface area (Å²) in [7, 11) is 0. The van der Waals surface area contributed by atoms with Crippen molar-refractivity contribution in [2.75, 3.05) is 5.73 Å². The SMILES string of the molecule is Cc1ccc(C(=O)CC(C)c2ccc(N)cc2)cc1C. The minimum absolute atomic E-state index is 0.192. The summed E-state index contributed by atoms with van der Waals surface area (Å²) in [6.07, 6.45) is 0.520. The van der Waals surface area contributed by atoms with Gasteiger partial charge < -0.3 is 5.73 Å². The maximum absolute atomic E-state index is 12.3. The average molecular weight is 267 g/mol. The van der Waals surface area contributed by atoms with E-state index >= 15 is 0 Å². The highest BCUT2D eigenvalue weighted by Crippen LogP contribution is 2.23. The molecule has 0 spiro atoms. The van der Waals surface area contributed by atoms with Crippen LogP contribution in [0.5, 0.6) is 0 Å². The normalized spacial score (nSPS) is 12.2. The third-order valence-electron chi connectivity index (χ3n) is 3.83. The van der Waals surface area contributed by atoms with Gasteiger partial charge in [0.2, 0.25) is 0 Å². The molecule has 0 aliphatic rings. The lowest BCUT2D eigenvalue weighted by Gasteiger charge is -2.12. The zero-order chi connectivity index (χ0) is 14.7. The van der Waals surface area contributed by atoms with Gasteiger partial charge in [-0.2, -0.15) is 0 Å². The lowest BCUT2D eigenvalue weighted by molar-refractivity contribution is 0.0975. The molecular weight excluding hydrogens is 246 g/mol. The van der Waals surface area contributed by atoms with Crippen molar-refractivity contribution in [1.29, 1.82) is 0 Å². The number of aryl methyl sites for hydroxylation is 2. The second-order valence-electron chi connectivity index (χ2n) is 5.49. The van der Waals surface area contributed by atoms with E-state index < -0.39 is 0 Å². The molecule has 0 fully saturated rings. The van der Waals surface area contributed by atoms with Gasteiger partial charge in [0.25, 0.3) is 0 Å². The Morgan fingerprint density at radius 3 is 2.30 bits per heavy atom. The fourth-order valence-electron chi connectivity index (χ4n) is 2.25. The molecule has 1 atom stereocenters. The lowest BCUT2D eigenvalue weighted by Crippen LogP contribution is -2.05. The molecule has 2 aromatic carbocycles. The molecule has 0 aromatic heterocycles. The number of carbonyl (C=O) groups is 1. The number of anilines is 1. The topological polar surface area (TPSA) is 43.1 Å². The van der Waals surface area contributed by atoms with Gasteiger partial charge in [-0.3, -0.25) is 4.79 Å². The highest BCUT2D eigenvalue weighted by molar-refractivity contribution is 5.96. The van der Waals surface area contributed by atoms with Gasteiger partial charge in [0, 0.05) is 17.7 Å². The minimum Gasteiger partial charge on any atom is -0.399 e. The van der Waals surface area contributed by atoms with Gasteiger partial charge in [-0.1, -0.05) is 31.2 Å². The molecule has 0 aliphatic heterocycles. The Hall–Kier alpha value is -2.09. The van der Waals surface area contributed by atoms with Crippen LogP contribution in [0.4, 0.5) is 5.69 Å². The largest absolute Gasteiger partial charge is 0.399 e. The molecule has 0 heterocycles. The van der Waals surface area contributed by atoms with Crippen LogP contribution in [0.1, 0.15) is 46.3 Å². The van der Waals surface area contributed by atoms with Crippen molar-refractivity contribution in [3.8, 4) is 0 Å². The van der Waals surface area contributed by atoms with E-state index in [9.17, 15) is 4.79 Å². The van der Waals surface area contributed by atoms with Crippen LogP contribution in [0, 0.1) is 13.8 Å². The first-order chi connectivity index (χ1) is 9.47. The Bertz CT molecular complexity index is 614. The lowest BCUT2D eigenvalue weighted by atomic mass is 9.92. The number of carbonyl (C=O) groups excluding carboxylic acids is 1. The zero-order valence-electron chi connectivity index (χ0n) is 12.3. The fourth-order valence-corrected chi connectivity index (χ4v) is 2.25. The molecule has 2 rings (SSSR count). The molecule has 104 valence electrons. The molecule has 2 N–H and O–H groups in total. The van der Waals surface area contributed by atoms with Crippen LogP contribution in [-0.4, -0.2) is 5.78 Å². The maximum Gasteiger partial charge on any atom is 0.163 e. The molecule has 0 saturated heterocycles. The maximum atomic E-state index is 12.3. The number of nitrogens with two attached hydrogens (primary N) is 1. The van der Waals surface area contributed by atoms with E-state index in [1.807, 2.05) is 49.4 Å². The molecule has 1 unspecified atom stereocenters. The first kappa shape index (κ1) is 14.3. The van der Waals surface area contributed by atoms with E-state index in [1.165, 1.54) is 5.56 Å². The molecular formula is C18H21NO. The molecule has 20 heavy (non-hydrogen) atoms. The molecule has 0 saturated carbocycles. The van der Waals surface area contributed by atoms with Gasteiger partial charge in [0.15, 0.2) is 5.78 Å². The number of hydrogen-bond donors (Lipinski definition) is 1. The first-order valence-corrected chi connectivity index (χ1v) is 6.93. The summed E-state index contributed by atoms with van der Waals surface area (Å²) in [5, 5.41) is 0. The number of benzene rings is 2. The minimum atomic E-state index is 0.192. The summed E-state index contributed by atoms with van der Waals surface area (Å²) in [6, 6.07) is 13.7. The van der Waals surface area contributed by atoms with Crippen LogP contribution < -0.4 is 5.73 Å². The summed E-state index contributed by atoms with van der Waals surface area (Å²) in [5.41, 5.74) is 10.8. The van der Waals surface area contributed by atoms with E-state index in [-0.39, 0.29) is 11.7 Å². The van der Waals surface area contributed by atoms with E-state index in [4.69, 9.17) is 5.73 Å². The first-order valence-electron chi connectivity index (χ1n) is 6.93. The van der Waals surface area contributed by atoms with Crippen molar-refractivity contribution >= 4 is 11.5 Å². The molecule has 0 aliphatic carbocycles. The van der Waals surface area contributed by atoms with E-state index in [0.29, 0.717) is 6.42 Å². The van der Waals surface area contributed by atoms with Gasteiger partial charge in [0.05, 0.1) is 0 Å².